The van der Waals surface area contributed by atoms with Crippen LogP contribution in [0.1, 0.15) is 32.8 Å². The molecular weight excluding hydrogens is 517 g/mol. The number of rotatable bonds is 10. The Morgan fingerprint density at radius 2 is 1.91 bits per heavy atom. The van der Waals surface area contributed by atoms with Crippen molar-refractivity contribution in [3.05, 3.63) is 29.8 Å². The molecule has 0 aromatic heterocycles. The van der Waals surface area contributed by atoms with Crippen LogP contribution in [0.5, 0.6) is 5.75 Å². The van der Waals surface area contributed by atoms with E-state index in [9.17, 15) is 0 Å². The summed E-state index contributed by atoms with van der Waals surface area (Å²) in [6.07, 6.45) is 1.19. The van der Waals surface area contributed by atoms with Gasteiger partial charge < -0.3 is 24.6 Å². The molecule has 1 unspecified atom stereocenters. The predicted octanol–water partition coefficient (Wildman–Crippen LogP) is 2.90. The van der Waals surface area contributed by atoms with E-state index >= 15 is 0 Å². The number of likely N-dealkylation sites (tertiary alicyclic amines) is 1. The van der Waals surface area contributed by atoms with Gasteiger partial charge in [0, 0.05) is 50.9 Å². The molecule has 8 heteroatoms. The van der Waals surface area contributed by atoms with Crippen LogP contribution in [0.25, 0.3) is 0 Å². The largest absolute Gasteiger partial charge is 0.492 e. The number of halogens is 1. The van der Waals surface area contributed by atoms with E-state index in [1.807, 2.05) is 6.07 Å². The Bertz CT molecular complexity index is 680. The van der Waals surface area contributed by atoms with Crippen LogP contribution >= 0.6 is 24.0 Å². The number of ether oxygens (including phenoxy) is 2. The first kappa shape index (κ1) is 27.1. The van der Waals surface area contributed by atoms with Crippen LogP contribution in [0.4, 0.5) is 0 Å². The smallest absolute Gasteiger partial charge is 0.194 e. The second kappa shape index (κ2) is 14.9. The van der Waals surface area contributed by atoms with Crippen LogP contribution in [-0.2, 0) is 11.3 Å². The molecule has 2 fully saturated rings. The molecule has 2 saturated heterocycles. The number of aliphatic imine (C=N–C) groups is 1. The third-order valence-corrected chi connectivity index (χ3v) is 6.29. The summed E-state index contributed by atoms with van der Waals surface area (Å²) >= 11 is 0. The molecule has 7 nitrogen and oxygen atoms in total. The third-order valence-electron chi connectivity index (χ3n) is 6.29. The zero-order valence-corrected chi connectivity index (χ0v) is 22.4. The molecular formula is C24H42IN5O2. The molecule has 1 atom stereocenters. The van der Waals surface area contributed by atoms with Gasteiger partial charge in [-0.1, -0.05) is 32.0 Å². The summed E-state index contributed by atoms with van der Waals surface area (Å²) in [4.78, 5) is 12.3. The van der Waals surface area contributed by atoms with E-state index in [2.05, 4.69) is 59.0 Å². The number of benzene rings is 1. The number of guanidine groups is 1. The summed E-state index contributed by atoms with van der Waals surface area (Å²) in [6, 6.07) is 8.89. The molecule has 0 spiro atoms. The lowest BCUT2D eigenvalue weighted by Crippen LogP contribution is -2.46. The summed E-state index contributed by atoms with van der Waals surface area (Å²) in [7, 11) is 0. The van der Waals surface area contributed by atoms with Gasteiger partial charge >= 0.3 is 0 Å². The molecule has 1 aromatic rings. The highest BCUT2D eigenvalue weighted by Crippen LogP contribution is 2.20. The number of hydrogen-bond donors (Lipinski definition) is 1. The lowest BCUT2D eigenvalue weighted by Gasteiger charge is -2.32. The number of nitrogens with one attached hydrogen (secondary N) is 1. The molecule has 32 heavy (non-hydrogen) atoms. The lowest BCUT2D eigenvalue weighted by molar-refractivity contribution is 0.0195. The van der Waals surface area contributed by atoms with Gasteiger partial charge in [0.25, 0.3) is 0 Å². The monoisotopic (exact) mass is 559 g/mol. The van der Waals surface area contributed by atoms with Crippen molar-refractivity contribution in [1.29, 1.82) is 0 Å². The maximum absolute atomic E-state index is 6.12. The Kier molecular flexibility index (Phi) is 12.7. The van der Waals surface area contributed by atoms with Gasteiger partial charge in [-0.15, -0.1) is 24.0 Å². The van der Waals surface area contributed by atoms with Gasteiger partial charge in [-0.2, -0.15) is 0 Å². The highest BCUT2D eigenvalue weighted by molar-refractivity contribution is 14.0. The number of hydrogen-bond acceptors (Lipinski definition) is 5. The van der Waals surface area contributed by atoms with E-state index in [1.54, 1.807) is 0 Å². The first-order valence-corrected chi connectivity index (χ1v) is 12.0. The molecule has 0 aliphatic carbocycles. The fourth-order valence-electron chi connectivity index (χ4n) is 4.36. The normalized spacial score (nSPS) is 19.8. The van der Waals surface area contributed by atoms with Crippen LogP contribution in [0.2, 0.25) is 0 Å². The predicted molar refractivity (Wildman–Crippen MR) is 142 cm³/mol. The van der Waals surface area contributed by atoms with Crippen molar-refractivity contribution < 1.29 is 9.47 Å². The lowest BCUT2D eigenvalue weighted by atomic mass is 10.2. The molecule has 0 amide bonds. The highest BCUT2D eigenvalue weighted by Gasteiger charge is 2.30. The molecule has 2 heterocycles. The van der Waals surface area contributed by atoms with Crippen molar-refractivity contribution >= 4 is 29.9 Å². The Balaban J connectivity index is 0.00000363. The second-order valence-corrected chi connectivity index (χ2v) is 8.19. The molecule has 1 aromatic carbocycles. The number of morpholine rings is 1. The van der Waals surface area contributed by atoms with Crippen molar-refractivity contribution in [2.45, 2.75) is 39.8 Å². The van der Waals surface area contributed by atoms with Gasteiger partial charge in [0.05, 0.1) is 19.8 Å². The van der Waals surface area contributed by atoms with Crippen molar-refractivity contribution in [2.24, 2.45) is 4.99 Å². The van der Waals surface area contributed by atoms with Gasteiger partial charge in [-0.3, -0.25) is 4.90 Å². The van der Waals surface area contributed by atoms with Crippen LogP contribution in [0, 0.1) is 0 Å². The van der Waals surface area contributed by atoms with E-state index in [-0.39, 0.29) is 24.0 Å². The molecule has 3 rings (SSSR count). The Morgan fingerprint density at radius 3 is 2.62 bits per heavy atom. The van der Waals surface area contributed by atoms with Gasteiger partial charge in [-0.05, 0) is 32.5 Å². The Morgan fingerprint density at radius 1 is 1.16 bits per heavy atom. The third kappa shape index (κ3) is 8.04. The molecule has 0 bridgehead atoms. The number of para-hydroxylation sites is 1. The van der Waals surface area contributed by atoms with Crippen LogP contribution in [0.15, 0.2) is 29.3 Å². The molecule has 0 radical (unpaired) electrons. The quantitative estimate of drug-likeness (QED) is 0.271. The zero-order valence-electron chi connectivity index (χ0n) is 20.1. The van der Waals surface area contributed by atoms with Crippen LogP contribution < -0.4 is 10.1 Å². The van der Waals surface area contributed by atoms with E-state index in [0.717, 1.165) is 82.8 Å². The minimum Gasteiger partial charge on any atom is -0.492 e. The Labute approximate surface area is 211 Å². The maximum atomic E-state index is 6.12. The SMILES string of the molecule is CCNC(=NCc1ccccc1OCCN(CC)CC)N1CCC(N2CCOCC2)C1.I. The van der Waals surface area contributed by atoms with Crippen molar-refractivity contribution in [3.8, 4) is 5.75 Å². The summed E-state index contributed by atoms with van der Waals surface area (Å²) < 4.78 is 11.6. The minimum absolute atomic E-state index is 0. The molecule has 1 N–H and O–H groups in total. The number of likely N-dealkylation sites (N-methyl/N-ethyl adjacent to an activating group) is 1. The molecule has 2 aliphatic rings. The van der Waals surface area contributed by atoms with E-state index in [1.165, 1.54) is 6.42 Å². The zero-order chi connectivity index (χ0) is 21.9. The topological polar surface area (TPSA) is 52.6 Å². The summed E-state index contributed by atoms with van der Waals surface area (Å²) in [6.45, 7) is 17.7. The highest BCUT2D eigenvalue weighted by atomic mass is 127. The van der Waals surface area contributed by atoms with Crippen molar-refractivity contribution in [1.82, 2.24) is 20.0 Å². The average Bonchev–Trinajstić information content (AvgIpc) is 3.31. The summed E-state index contributed by atoms with van der Waals surface area (Å²) in [5.74, 6) is 1.96. The standard InChI is InChI=1S/C24H41N5O2.HI/c1-4-25-24(29-12-11-22(20-29)28-14-16-30-17-15-28)26-19-21-9-7-8-10-23(21)31-18-13-27(5-2)6-3;/h7-10,22H,4-6,11-20H2,1-3H3,(H,25,26);1H. The number of nitrogens with zero attached hydrogens (tertiary/aromatic N) is 4. The van der Waals surface area contributed by atoms with E-state index in [4.69, 9.17) is 14.5 Å². The first-order chi connectivity index (χ1) is 15.2. The van der Waals surface area contributed by atoms with Gasteiger partial charge in [-0.25, -0.2) is 4.99 Å². The van der Waals surface area contributed by atoms with Crippen LogP contribution in [-0.4, -0.2) is 98.9 Å². The molecule has 0 saturated carbocycles. The maximum Gasteiger partial charge on any atom is 0.194 e. The second-order valence-electron chi connectivity index (χ2n) is 8.19. The van der Waals surface area contributed by atoms with Crippen molar-refractivity contribution in [2.75, 3.05) is 72.2 Å². The summed E-state index contributed by atoms with van der Waals surface area (Å²) in [5, 5.41) is 3.50. The van der Waals surface area contributed by atoms with Gasteiger partial charge in [0.2, 0.25) is 0 Å². The molecule has 182 valence electrons. The minimum atomic E-state index is 0. The summed E-state index contributed by atoms with van der Waals surface area (Å²) in [5.41, 5.74) is 1.14. The first-order valence-electron chi connectivity index (χ1n) is 12.0. The fourth-order valence-corrected chi connectivity index (χ4v) is 4.36. The van der Waals surface area contributed by atoms with E-state index in [0.29, 0.717) is 19.2 Å². The van der Waals surface area contributed by atoms with Crippen LogP contribution in [0.3, 0.4) is 0 Å². The Hall–Kier alpha value is -1.10. The fraction of sp³-hybridized carbons (Fsp3) is 0.708. The average molecular weight is 560 g/mol. The molecule has 2 aliphatic heterocycles. The van der Waals surface area contributed by atoms with E-state index < -0.39 is 0 Å². The van der Waals surface area contributed by atoms with Gasteiger partial charge in [0.1, 0.15) is 12.4 Å². The van der Waals surface area contributed by atoms with Gasteiger partial charge in [0.15, 0.2) is 5.96 Å². The van der Waals surface area contributed by atoms with Crippen molar-refractivity contribution in [3.63, 3.8) is 0 Å².